The van der Waals surface area contributed by atoms with Crippen molar-refractivity contribution >= 4 is 15.7 Å². The van der Waals surface area contributed by atoms with Crippen LogP contribution in [0.1, 0.15) is 18.1 Å². The summed E-state index contributed by atoms with van der Waals surface area (Å²) in [7, 11) is -4.07. The van der Waals surface area contributed by atoms with E-state index in [4.69, 9.17) is 0 Å². The fraction of sp³-hybridized carbons (Fsp3) is 0.217. The van der Waals surface area contributed by atoms with Crippen LogP contribution in [0.5, 0.6) is 0 Å². The molecule has 0 aromatic heterocycles. The lowest BCUT2D eigenvalue weighted by molar-refractivity contribution is -0.387. The zero-order valence-electron chi connectivity index (χ0n) is 16.7. The zero-order valence-corrected chi connectivity index (χ0v) is 17.5. The molecule has 0 aliphatic carbocycles. The van der Waals surface area contributed by atoms with Crippen molar-refractivity contribution in [3.63, 3.8) is 0 Å². The van der Waals surface area contributed by atoms with Crippen LogP contribution < -0.4 is 0 Å². The molecule has 0 saturated heterocycles. The molecular formula is C23H24N2O4S. The average Bonchev–Trinajstić information content (AvgIpc) is 2.75. The summed E-state index contributed by atoms with van der Waals surface area (Å²) < 4.78 is 28.4. The van der Waals surface area contributed by atoms with Crippen LogP contribution in [-0.2, 0) is 22.9 Å². The van der Waals surface area contributed by atoms with E-state index in [1.165, 1.54) is 28.6 Å². The Morgan fingerprint density at radius 1 is 0.867 bits per heavy atom. The highest BCUT2D eigenvalue weighted by Crippen LogP contribution is 2.28. The third-order valence-electron chi connectivity index (χ3n) is 4.98. The number of sulfonamides is 1. The van der Waals surface area contributed by atoms with Gasteiger partial charge < -0.3 is 0 Å². The standard InChI is InChI=1S/C23H24N2O4S/c1-19(18-21-12-6-3-7-13-21)24(17-16-20-10-4-2-5-11-20)30(28,29)23-15-9-8-14-22(23)25(26)27/h2-15,19H,16-18H2,1H3. The first-order valence-electron chi connectivity index (χ1n) is 9.72. The van der Waals surface area contributed by atoms with Crippen molar-refractivity contribution in [2.75, 3.05) is 6.54 Å². The molecular weight excluding hydrogens is 400 g/mol. The van der Waals surface area contributed by atoms with Crippen molar-refractivity contribution in [3.05, 3.63) is 106 Å². The third-order valence-corrected chi connectivity index (χ3v) is 7.04. The first kappa shape index (κ1) is 21.7. The van der Waals surface area contributed by atoms with Crippen LogP contribution in [0.4, 0.5) is 5.69 Å². The van der Waals surface area contributed by atoms with Gasteiger partial charge in [0.05, 0.1) is 4.92 Å². The number of nitro benzene ring substituents is 1. The van der Waals surface area contributed by atoms with Gasteiger partial charge in [-0.2, -0.15) is 4.31 Å². The molecule has 0 aliphatic heterocycles. The molecule has 0 radical (unpaired) electrons. The Morgan fingerprint density at radius 3 is 2.00 bits per heavy atom. The van der Waals surface area contributed by atoms with Gasteiger partial charge in [-0.3, -0.25) is 10.1 Å². The van der Waals surface area contributed by atoms with Crippen LogP contribution in [0.25, 0.3) is 0 Å². The minimum absolute atomic E-state index is 0.229. The van der Waals surface area contributed by atoms with Crippen LogP contribution in [0.2, 0.25) is 0 Å². The first-order chi connectivity index (χ1) is 14.4. The van der Waals surface area contributed by atoms with Crippen molar-refractivity contribution in [1.29, 1.82) is 0 Å². The SMILES string of the molecule is CC(Cc1ccccc1)N(CCc1ccccc1)S(=O)(=O)c1ccccc1[N+](=O)[O-]. The van der Waals surface area contributed by atoms with Gasteiger partial charge in [-0.1, -0.05) is 72.8 Å². The number of para-hydroxylation sites is 1. The van der Waals surface area contributed by atoms with E-state index >= 15 is 0 Å². The summed E-state index contributed by atoms with van der Waals surface area (Å²) in [6.07, 6.45) is 1.02. The van der Waals surface area contributed by atoms with Crippen LogP contribution in [0.15, 0.2) is 89.8 Å². The number of rotatable bonds is 9. The van der Waals surface area contributed by atoms with Gasteiger partial charge in [0.25, 0.3) is 5.69 Å². The maximum atomic E-state index is 13.5. The lowest BCUT2D eigenvalue weighted by Crippen LogP contribution is -2.41. The van der Waals surface area contributed by atoms with Crippen molar-refractivity contribution < 1.29 is 13.3 Å². The number of benzene rings is 3. The molecule has 0 bridgehead atoms. The Balaban J connectivity index is 1.96. The Kier molecular flexibility index (Phi) is 6.97. The van der Waals surface area contributed by atoms with Gasteiger partial charge in [-0.05, 0) is 37.0 Å². The van der Waals surface area contributed by atoms with E-state index in [2.05, 4.69) is 0 Å². The molecule has 0 heterocycles. The van der Waals surface area contributed by atoms with E-state index in [-0.39, 0.29) is 17.5 Å². The number of hydrogen-bond acceptors (Lipinski definition) is 4. The summed E-state index contributed by atoms with van der Waals surface area (Å²) >= 11 is 0. The van der Waals surface area contributed by atoms with Gasteiger partial charge in [0, 0.05) is 18.7 Å². The molecule has 0 N–H and O–H groups in total. The van der Waals surface area contributed by atoms with E-state index in [0.717, 1.165) is 11.1 Å². The van der Waals surface area contributed by atoms with Gasteiger partial charge in [0.15, 0.2) is 4.90 Å². The second-order valence-corrected chi connectivity index (χ2v) is 8.97. The van der Waals surface area contributed by atoms with Crippen LogP contribution in [0, 0.1) is 10.1 Å². The summed E-state index contributed by atoms with van der Waals surface area (Å²) in [5.41, 5.74) is 1.61. The monoisotopic (exact) mass is 424 g/mol. The van der Waals surface area contributed by atoms with Crippen molar-refractivity contribution in [1.82, 2.24) is 4.31 Å². The summed E-state index contributed by atoms with van der Waals surface area (Å²) in [4.78, 5) is 10.5. The van der Waals surface area contributed by atoms with E-state index in [9.17, 15) is 18.5 Å². The fourth-order valence-electron chi connectivity index (χ4n) is 3.47. The normalized spacial score (nSPS) is 12.6. The first-order valence-corrected chi connectivity index (χ1v) is 11.2. The van der Waals surface area contributed by atoms with Gasteiger partial charge in [-0.15, -0.1) is 0 Å². The zero-order chi connectivity index (χ0) is 21.6. The quantitative estimate of drug-likeness (QED) is 0.375. The number of nitro groups is 1. The molecule has 7 heteroatoms. The molecule has 30 heavy (non-hydrogen) atoms. The van der Waals surface area contributed by atoms with Crippen LogP contribution in [0.3, 0.4) is 0 Å². The summed E-state index contributed by atoms with van der Waals surface area (Å²) in [5.74, 6) is 0. The molecule has 1 unspecified atom stereocenters. The Morgan fingerprint density at radius 2 is 1.40 bits per heavy atom. The van der Waals surface area contributed by atoms with Gasteiger partial charge >= 0.3 is 0 Å². The fourth-order valence-corrected chi connectivity index (χ4v) is 5.26. The van der Waals surface area contributed by atoms with Gasteiger partial charge in [-0.25, -0.2) is 8.42 Å². The lowest BCUT2D eigenvalue weighted by Gasteiger charge is -2.28. The summed E-state index contributed by atoms with van der Waals surface area (Å²) in [5, 5.41) is 11.5. The minimum Gasteiger partial charge on any atom is -0.258 e. The largest absolute Gasteiger partial charge is 0.289 e. The highest BCUT2D eigenvalue weighted by Gasteiger charge is 2.34. The highest BCUT2D eigenvalue weighted by molar-refractivity contribution is 7.89. The molecule has 3 aromatic carbocycles. The lowest BCUT2D eigenvalue weighted by atomic mass is 10.1. The number of hydrogen-bond donors (Lipinski definition) is 0. The highest BCUT2D eigenvalue weighted by atomic mass is 32.2. The molecule has 3 rings (SSSR count). The van der Waals surface area contributed by atoms with Crippen molar-refractivity contribution in [3.8, 4) is 0 Å². The average molecular weight is 425 g/mol. The van der Waals surface area contributed by atoms with E-state index in [1.807, 2.05) is 67.6 Å². The molecule has 0 fully saturated rings. The van der Waals surface area contributed by atoms with Crippen LogP contribution in [-0.4, -0.2) is 30.2 Å². The van der Waals surface area contributed by atoms with Crippen LogP contribution >= 0.6 is 0 Å². The van der Waals surface area contributed by atoms with E-state index in [0.29, 0.717) is 12.8 Å². The third kappa shape index (κ3) is 5.11. The van der Waals surface area contributed by atoms with Gasteiger partial charge in [0.2, 0.25) is 10.0 Å². The predicted octanol–water partition coefficient (Wildman–Crippen LogP) is 4.46. The van der Waals surface area contributed by atoms with Gasteiger partial charge in [0.1, 0.15) is 0 Å². The van der Waals surface area contributed by atoms with Crippen molar-refractivity contribution in [2.45, 2.75) is 30.7 Å². The minimum atomic E-state index is -4.07. The second kappa shape index (κ2) is 9.65. The molecule has 3 aromatic rings. The maximum Gasteiger partial charge on any atom is 0.289 e. The molecule has 0 amide bonds. The smallest absolute Gasteiger partial charge is 0.258 e. The second-order valence-electron chi connectivity index (χ2n) is 7.11. The number of nitrogens with zero attached hydrogens (tertiary/aromatic N) is 2. The van der Waals surface area contributed by atoms with E-state index in [1.54, 1.807) is 0 Å². The Hall–Kier alpha value is -3.03. The molecule has 0 aliphatic rings. The molecule has 6 nitrogen and oxygen atoms in total. The molecule has 156 valence electrons. The molecule has 0 saturated carbocycles. The van der Waals surface area contributed by atoms with E-state index < -0.39 is 20.6 Å². The van der Waals surface area contributed by atoms with Crippen molar-refractivity contribution in [2.24, 2.45) is 0 Å². The topological polar surface area (TPSA) is 80.5 Å². The molecule has 0 spiro atoms. The Bertz CT molecular complexity index is 1090. The predicted molar refractivity (Wildman–Crippen MR) is 117 cm³/mol. The Labute approximate surface area is 177 Å². The maximum absolute atomic E-state index is 13.5. The summed E-state index contributed by atoms with van der Waals surface area (Å²) in [6.45, 7) is 2.07. The molecule has 1 atom stereocenters. The summed E-state index contributed by atoms with van der Waals surface area (Å²) in [6, 6.07) is 24.4.